The first-order valence-corrected chi connectivity index (χ1v) is 6.84. The zero-order chi connectivity index (χ0) is 13.0. The number of hydrogen-bond donors (Lipinski definition) is 2. The van der Waals surface area contributed by atoms with Crippen molar-refractivity contribution in [2.45, 2.75) is 45.1 Å². The summed E-state index contributed by atoms with van der Waals surface area (Å²) in [6, 6.07) is 7.17. The molecular weight excluding hydrogens is 227 g/mol. The molecule has 2 rings (SSSR count). The molecule has 0 saturated heterocycles. The third-order valence-electron chi connectivity index (χ3n) is 3.84. The van der Waals surface area contributed by atoms with Crippen LogP contribution in [0.5, 0.6) is 5.75 Å². The minimum absolute atomic E-state index is 0.212. The second kappa shape index (κ2) is 6.25. The second-order valence-electron chi connectivity index (χ2n) is 5.02. The highest BCUT2D eigenvalue weighted by molar-refractivity contribution is 6.59. The molecule has 3 nitrogen and oxygen atoms in total. The minimum atomic E-state index is -1.47. The van der Waals surface area contributed by atoms with Crippen molar-refractivity contribution >= 4 is 12.6 Å². The van der Waals surface area contributed by atoms with E-state index in [9.17, 15) is 10.0 Å². The number of benzene rings is 1. The van der Waals surface area contributed by atoms with Gasteiger partial charge in [-0.1, -0.05) is 31.5 Å². The Kier molecular flexibility index (Phi) is 4.67. The Morgan fingerprint density at radius 3 is 2.67 bits per heavy atom. The lowest BCUT2D eigenvalue weighted by molar-refractivity contribution is 0.0911. The molecule has 0 amide bonds. The van der Waals surface area contributed by atoms with E-state index >= 15 is 0 Å². The summed E-state index contributed by atoms with van der Waals surface area (Å²) in [5.41, 5.74) is 0.456. The van der Waals surface area contributed by atoms with E-state index in [0.29, 0.717) is 17.1 Å². The van der Waals surface area contributed by atoms with Crippen LogP contribution in [-0.2, 0) is 0 Å². The van der Waals surface area contributed by atoms with Crippen molar-refractivity contribution in [3.63, 3.8) is 0 Å². The van der Waals surface area contributed by atoms with Gasteiger partial charge in [-0.3, -0.25) is 0 Å². The molecule has 2 unspecified atom stereocenters. The van der Waals surface area contributed by atoms with Crippen molar-refractivity contribution in [2.75, 3.05) is 0 Å². The molecule has 1 aliphatic carbocycles. The molecule has 1 fully saturated rings. The summed E-state index contributed by atoms with van der Waals surface area (Å²) in [6.07, 6.45) is 6.09. The first-order chi connectivity index (χ1) is 8.72. The molecular formula is C14H21BO3. The normalized spacial score (nSPS) is 23.7. The van der Waals surface area contributed by atoms with Crippen LogP contribution in [0.25, 0.3) is 0 Å². The topological polar surface area (TPSA) is 49.7 Å². The summed E-state index contributed by atoms with van der Waals surface area (Å²) >= 11 is 0. The SMILES string of the molecule is CCC1CCCCC1Oc1ccccc1B(O)O. The Balaban J connectivity index is 2.12. The Morgan fingerprint density at radius 1 is 1.22 bits per heavy atom. The van der Waals surface area contributed by atoms with Crippen LogP contribution < -0.4 is 10.2 Å². The van der Waals surface area contributed by atoms with Gasteiger partial charge in [0.1, 0.15) is 11.9 Å². The van der Waals surface area contributed by atoms with Crippen molar-refractivity contribution in [3.05, 3.63) is 24.3 Å². The van der Waals surface area contributed by atoms with E-state index in [1.165, 1.54) is 19.3 Å². The molecule has 0 radical (unpaired) electrons. The minimum Gasteiger partial charge on any atom is -0.491 e. The van der Waals surface area contributed by atoms with Crippen LogP contribution in [-0.4, -0.2) is 23.3 Å². The summed E-state index contributed by atoms with van der Waals surface area (Å²) in [6.45, 7) is 2.19. The van der Waals surface area contributed by atoms with E-state index in [2.05, 4.69) is 6.92 Å². The fraction of sp³-hybridized carbons (Fsp3) is 0.571. The third-order valence-corrected chi connectivity index (χ3v) is 3.84. The van der Waals surface area contributed by atoms with E-state index in [1.54, 1.807) is 12.1 Å². The number of para-hydroxylation sites is 1. The highest BCUT2D eigenvalue weighted by Crippen LogP contribution is 2.29. The van der Waals surface area contributed by atoms with E-state index in [4.69, 9.17) is 4.74 Å². The smallest absolute Gasteiger partial charge is 0.491 e. The molecule has 18 heavy (non-hydrogen) atoms. The van der Waals surface area contributed by atoms with Gasteiger partial charge < -0.3 is 14.8 Å². The van der Waals surface area contributed by atoms with E-state index in [1.807, 2.05) is 12.1 Å². The van der Waals surface area contributed by atoms with Gasteiger partial charge in [-0.25, -0.2) is 0 Å². The predicted molar refractivity (Wildman–Crippen MR) is 72.9 cm³/mol. The molecule has 1 saturated carbocycles. The first kappa shape index (κ1) is 13.4. The van der Waals surface area contributed by atoms with Gasteiger partial charge in [-0.2, -0.15) is 0 Å². The predicted octanol–water partition coefficient (Wildman–Crippen LogP) is 1.71. The van der Waals surface area contributed by atoms with Crippen LogP contribution >= 0.6 is 0 Å². The van der Waals surface area contributed by atoms with Crippen molar-refractivity contribution in [3.8, 4) is 5.75 Å². The van der Waals surface area contributed by atoms with E-state index in [-0.39, 0.29) is 6.10 Å². The Bertz CT molecular complexity index is 381. The molecule has 4 heteroatoms. The summed E-state index contributed by atoms with van der Waals surface area (Å²) in [4.78, 5) is 0. The van der Waals surface area contributed by atoms with Gasteiger partial charge in [-0.05, 0) is 37.7 Å². The molecule has 2 N–H and O–H groups in total. The summed E-state index contributed by atoms with van der Waals surface area (Å²) in [5, 5.41) is 18.7. The average Bonchev–Trinajstić information content (AvgIpc) is 2.40. The van der Waals surface area contributed by atoms with Crippen molar-refractivity contribution in [2.24, 2.45) is 5.92 Å². The molecule has 0 heterocycles. The maximum atomic E-state index is 9.33. The highest BCUT2D eigenvalue weighted by Gasteiger charge is 2.27. The van der Waals surface area contributed by atoms with Crippen LogP contribution in [0.3, 0.4) is 0 Å². The summed E-state index contributed by atoms with van der Waals surface area (Å²) in [7, 11) is -1.47. The monoisotopic (exact) mass is 248 g/mol. The molecule has 2 atom stereocenters. The van der Waals surface area contributed by atoms with Gasteiger partial charge in [0.05, 0.1) is 0 Å². The standard InChI is InChI=1S/C14H21BO3/c1-2-11-7-3-5-9-13(11)18-14-10-6-4-8-12(14)15(16)17/h4,6,8,10-11,13,16-17H,2-3,5,7,9H2,1H3. The molecule has 1 aromatic rings. The quantitative estimate of drug-likeness (QED) is 0.797. The first-order valence-electron chi connectivity index (χ1n) is 6.84. The van der Waals surface area contributed by atoms with Gasteiger partial charge in [0, 0.05) is 5.46 Å². The Hall–Kier alpha value is -0.995. The maximum Gasteiger partial charge on any atom is 0.492 e. The van der Waals surface area contributed by atoms with E-state index in [0.717, 1.165) is 12.8 Å². The number of ether oxygens (including phenoxy) is 1. The van der Waals surface area contributed by atoms with Crippen LogP contribution in [0.2, 0.25) is 0 Å². The number of rotatable bonds is 4. The van der Waals surface area contributed by atoms with Gasteiger partial charge in [-0.15, -0.1) is 0 Å². The average molecular weight is 248 g/mol. The molecule has 0 spiro atoms. The van der Waals surface area contributed by atoms with Crippen molar-refractivity contribution < 1.29 is 14.8 Å². The Labute approximate surface area is 109 Å². The lowest BCUT2D eigenvalue weighted by atomic mass is 9.79. The Morgan fingerprint density at radius 2 is 1.94 bits per heavy atom. The lowest BCUT2D eigenvalue weighted by Crippen LogP contribution is -2.36. The van der Waals surface area contributed by atoms with Gasteiger partial charge in [0.15, 0.2) is 0 Å². The van der Waals surface area contributed by atoms with Crippen LogP contribution in [0, 0.1) is 5.92 Å². The molecule has 0 bridgehead atoms. The lowest BCUT2D eigenvalue weighted by Gasteiger charge is -2.31. The zero-order valence-corrected chi connectivity index (χ0v) is 10.9. The molecule has 98 valence electrons. The highest BCUT2D eigenvalue weighted by atomic mass is 16.5. The van der Waals surface area contributed by atoms with E-state index < -0.39 is 7.12 Å². The molecule has 0 aromatic heterocycles. The third kappa shape index (κ3) is 3.06. The van der Waals surface area contributed by atoms with Crippen LogP contribution in [0.4, 0.5) is 0 Å². The maximum absolute atomic E-state index is 9.33. The van der Waals surface area contributed by atoms with Crippen LogP contribution in [0.15, 0.2) is 24.3 Å². The van der Waals surface area contributed by atoms with Gasteiger partial charge in [0.25, 0.3) is 0 Å². The fourth-order valence-electron chi connectivity index (χ4n) is 2.76. The zero-order valence-electron chi connectivity index (χ0n) is 10.9. The molecule has 1 aromatic carbocycles. The van der Waals surface area contributed by atoms with Crippen LogP contribution in [0.1, 0.15) is 39.0 Å². The van der Waals surface area contributed by atoms with Gasteiger partial charge >= 0.3 is 7.12 Å². The largest absolute Gasteiger partial charge is 0.492 e. The summed E-state index contributed by atoms with van der Waals surface area (Å²) in [5.74, 6) is 1.19. The van der Waals surface area contributed by atoms with Gasteiger partial charge in [0.2, 0.25) is 0 Å². The number of hydrogen-bond acceptors (Lipinski definition) is 3. The molecule has 0 aliphatic heterocycles. The fourth-order valence-corrected chi connectivity index (χ4v) is 2.76. The summed E-state index contributed by atoms with van der Waals surface area (Å²) < 4.78 is 6.03. The van der Waals surface area contributed by atoms with Crippen molar-refractivity contribution in [1.82, 2.24) is 0 Å². The van der Waals surface area contributed by atoms with Crippen molar-refractivity contribution in [1.29, 1.82) is 0 Å². The second-order valence-corrected chi connectivity index (χ2v) is 5.02. The molecule has 1 aliphatic rings.